The molecule has 4 aliphatic heterocycles. The average molecular weight is 746 g/mol. The lowest BCUT2D eigenvalue weighted by atomic mass is 9.94. The maximum absolute atomic E-state index is 14.5. The van der Waals surface area contributed by atoms with Gasteiger partial charge in [0.2, 0.25) is 15.8 Å². The zero-order valence-electron chi connectivity index (χ0n) is 31.3. The van der Waals surface area contributed by atoms with Crippen LogP contribution in [0.15, 0.2) is 101 Å². The van der Waals surface area contributed by atoms with Gasteiger partial charge < -0.3 is 37.9 Å². The molecule has 11 nitrogen and oxygen atoms in total. The molecule has 6 atom stereocenters. The fourth-order valence-electron chi connectivity index (χ4n) is 7.49. The van der Waals surface area contributed by atoms with E-state index in [-0.39, 0.29) is 18.1 Å². The molecule has 3 aromatic carbocycles. The quantitative estimate of drug-likeness (QED) is 0.174. The van der Waals surface area contributed by atoms with Gasteiger partial charge in [-0.3, -0.25) is 0 Å². The van der Waals surface area contributed by atoms with Crippen LogP contribution in [0.5, 0.6) is 11.5 Å². The van der Waals surface area contributed by atoms with Gasteiger partial charge in [0.05, 0.1) is 31.8 Å². The van der Waals surface area contributed by atoms with Gasteiger partial charge in [0, 0.05) is 11.6 Å². The molecule has 7 rings (SSSR count). The molecule has 282 valence electrons. The molecule has 3 aromatic rings. The van der Waals surface area contributed by atoms with Crippen LogP contribution in [0.1, 0.15) is 57.4 Å². The Morgan fingerprint density at radius 1 is 0.868 bits per heavy atom. The number of hydrogen-bond donors (Lipinski definition) is 0. The number of benzene rings is 3. The summed E-state index contributed by atoms with van der Waals surface area (Å²) >= 11 is 0. The van der Waals surface area contributed by atoms with Gasteiger partial charge in [0.1, 0.15) is 36.6 Å². The van der Waals surface area contributed by atoms with Crippen LogP contribution < -0.4 is 9.47 Å². The van der Waals surface area contributed by atoms with Gasteiger partial charge in [-0.1, -0.05) is 53.8 Å². The Bertz CT molecular complexity index is 2020. The highest BCUT2D eigenvalue weighted by molar-refractivity contribution is 7.89. The van der Waals surface area contributed by atoms with Crippen molar-refractivity contribution in [3.8, 4) is 11.5 Å². The summed E-state index contributed by atoms with van der Waals surface area (Å²) in [4.78, 5) is 0.206. The predicted molar refractivity (Wildman–Crippen MR) is 196 cm³/mol. The second-order valence-corrected chi connectivity index (χ2v) is 16.5. The zero-order chi connectivity index (χ0) is 37.8. The van der Waals surface area contributed by atoms with Crippen molar-refractivity contribution in [2.24, 2.45) is 0 Å². The molecule has 53 heavy (non-hydrogen) atoms. The Kier molecular flexibility index (Phi) is 9.88. The Morgan fingerprint density at radius 2 is 1.51 bits per heavy atom. The Balaban J connectivity index is 1.34. The highest BCUT2D eigenvalue weighted by Gasteiger charge is 2.64. The maximum atomic E-state index is 14.5. The molecule has 0 unspecified atom stereocenters. The Morgan fingerprint density at radius 3 is 2.11 bits per heavy atom. The summed E-state index contributed by atoms with van der Waals surface area (Å²) in [5.41, 5.74) is 7.30. The standard InChI is InChI=1S/C41H47NO10S/c1-26-9-19-32(20-10-26)53(43,44)42-27(2)34(23-35(42)29-13-17-31(46-8)18-14-29)33(28-11-15-30(45-7)16-12-28)21-22-47-38-37-36(50-40(5,6)51-37)24-48-41(38)25-49-39(3,4)52-41/h9-20,22-23,27,35-38H,24-25H2,1-8H3/t21?,27-,35+,36+,37+,38-,41-/m0/s1. The molecule has 4 aliphatic rings. The average Bonchev–Trinajstić information content (AvgIpc) is 3.76. The summed E-state index contributed by atoms with van der Waals surface area (Å²) < 4.78 is 79.2. The topological polar surface area (TPSA) is 111 Å². The molecule has 3 saturated heterocycles. The van der Waals surface area contributed by atoms with Crippen LogP contribution in [-0.2, 0) is 38.4 Å². The zero-order valence-corrected chi connectivity index (χ0v) is 32.1. The van der Waals surface area contributed by atoms with Crippen LogP contribution in [0.2, 0.25) is 0 Å². The molecule has 0 aliphatic carbocycles. The van der Waals surface area contributed by atoms with E-state index in [0.717, 1.165) is 22.3 Å². The summed E-state index contributed by atoms with van der Waals surface area (Å²) in [6, 6.07) is 20.6. The third-order valence-electron chi connectivity index (χ3n) is 10.1. The van der Waals surface area contributed by atoms with Crippen LogP contribution in [-0.4, -0.2) is 81.9 Å². The number of hydrogen-bond acceptors (Lipinski definition) is 10. The van der Waals surface area contributed by atoms with E-state index in [1.165, 1.54) is 6.26 Å². The molecule has 3 fully saturated rings. The summed E-state index contributed by atoms with van der Waals surface area (Å²) in [6.07, 6.45) is 1.75. The molecule has 0 bridgehead atoms. The van der Waals surface area contributed by atoms with Crippen LogP contribution in [0.3, 0.4) is 0 Å². The molecule has 1 spiro atoms. The van der Waals surface area contributed by atoms with E-state index in [2.05, 4.69) is 5.73 Å². The molecular weight excluding hydrogens is 699 g/mol. The number of methoxy groups -OCH3 is 2. The fraction of sp³-hybridized carbons (Fsp3) is 0.439. The molecule has 0 N–H and O–H groups in total. The van der Waals surface area contributed by atoms with E-state index < -0.39 is 57.8 Å². The van der Waals surface area contributed by atoms with Crippen molar-refractivity contribution in [1.29, 1.82) is 0 Å². The first-order valence-corrected chi connectivity index (χ1v) is 19.1. The largest absolute Gasteiger partial charge is 0.497 e. The third-order valence-corrected chi connectivity index (χ3v) is 12.0. The van der Waals surface area contributed by atoms with Crippen LogP contribution in [0, 0.1) is 6.92 Å². The SMILES string of the molecule is COc1ccc(C(=C=CO[C@H]2[C@@H]3OC(C)(C)O[C@@H]3CO[C@]23COC(C)(C)O3)C2=C[C@H](c3ccc(OC)cc3)N(S(=O)(=O)c3ccc(C)cc3)[C@H]2C)cc1. The van der Waals surface area contributed by atoms with Crippen molar-refractivity contribution in [3.63, 3.8) is 0 Å². The van der Waals surface area contributed by atoms with E-state index in [1.54, 1.807) is 42.8 Å². The molecule has 12 heteroatoms. The number of fused-ring (bicyclic) bond motifs is 1. The highest BCUT2D eigenvalue weighted by Crippen LogP contribution is 2.47. The van der Waals surface area contributed by atoms with E-state index in [9.17, 15) is 8.42 Å². The normalized spacial score (nSPS) is 28.9. The van der Waals surface area contributed by atoms with E-state index >= 15 is 0 Å². The van der Waals surface area contributed by atoms with Crippen LogP contribution in [0.4, 0.5) is 0 Å². The van der Waals surface area contributed by atoms with Gasteiger partial charge >= 0.3 is 0 Å². The Hall–Kier alpha value is -3.97. The first-order valence-electron chi connectivity index (χ1n) is 17.7. The number of aryl methyl sites for hydroxylation is 1. The lowest BCUT2D eigenvalue weighted by molar-refractivity contribution is -0.326. The number of nitrogens with zero attached hydrogens (tertiary/aromatic N) is 1. The van der Waals surface area contributed by atoms with Crippen molar-refractivity contribution in [2.75, 3.05) is 27.4 Å². The summed E-state index contributed by atoms with van der Waals surface area (Å²) in [5, 5.41) is 0. The van der Waals surface area contributed by atoms with Crippen molar-refractivity contribution in [2.45, 2.75) is 94.2 Å². The lowest BCUT2D eigenvalue weighted by Gasteiger charge is -2.43. The minimum absolute atomic E-state index is 0.123. The van der Waals surface area contributed by atoms with Gasteiger partial charge in [0.25, 0.3) is 0 Å². The third kappa shape index (κ3) is 7.18. The minimum Gasteiger partial charge on any atom is -0.497 e. The van der Waals surface area contributed by atoms with Crippen molar-refractivity contribution in [3.05, 3.63) is 113 Å². The van der Waals surface area contributed by atoms with Gasteiger partial charge in [-0.2, -0.15) is 4.31 Å². The van der Waals surface area contributed by atoms with Gasteiger partial charge in [-0.15, -0.1) is 0 Å². The molecule has 0 amide bonds. The minimum atomic E-state index is -3.99. The molecule has 4 heterocycles. The molecular formula is C41H47NO10S. The van der Waals surface area contributed by atoms with Crippen LogP contribution in [0.25, 0.3) is 5.57 Å². The second-order valence-electron chi connectivity index (χ2n) is 14.6. The molecule has 0 aromatic heterocycles. The van der Waals surface area contributed by atoms with Gasteiger partial charge in [0.15, 0.2) is 17.7 Å². The number of rotatable bonds is 9. The second kappa shape index (κ2) is 14.0. The monoisotopic (exact) mass is 745 g/mol. The summed E-state index contributed by atoms with van der Waals surface area (Å²) in [5.74, 6) is -1.69. The van der Waals surface area contributed by atoms with Crippen molar-refractivity contribution < 1.29 is 46.3 Å². The summed E-state index contributed by atoms with van der Waals surface area (Å²) in [7, 11) is -0.788. The first-order chi connectivity index (χ1) is 25.1. The lowest BCUT2D eigenvalue weighted by Crippen LogP contribution is -2.62. The molecule has 0 radical (unpaired) electrons. The molecule has 0 saturated carbocycles. The first kappa shape index (κ1) is 37.3. The van der Waals surface area contributed by atoms with Gasteiger partial charge in [-0.25, -0.2) is 8.42 Å². The van der Waals surface area contributed by atoms with Crippen LogP contribution >= 0.6 is 0 Å². The van der Waals surface area contributed by atoms with Crippen molar-refractivity contribution in [1.82, 2.24) is 4.31 Å². The number of ether oxygens (including phenoxy) is 8. The summed E-state index contributed by atoms with van der Waals surface area (Å²) in [6.45, 7) is 11.5. The Labute approximate surface area is 311 Å². The number of sulfonamides is 1. The van der Waals surface area contributed by atoms with Gasteiger partial charge in [-0.05, 0) is 94.6 Å². The smallest absolute Gasteiger partial charge is 0.244 e. The van der Waals surface area contributed by atoms with E-state index in [4.69, 9.17) is 37.9 Å². The maximum Gasteiger partial charge on any atom is 0.244 e. The fourth-order valence-corrected chi connectivity index (χ4v) is 9.23. The van der Waals surface area contributed by atoms with Crippen molar-refractivity contribution >= 4 is 15.6 Å². The van der Waals surface area contributed by atoms with E-state index in [0.29, 0.717) is 17.1 Å². The van der Waals surface area contributed by atoms with E-state index in [1.807, 2.05) is 96.1 Å². The highest BCUT2D eigenvalue weighted by atomic mass is 32.2. The predicted octanol–water partition coefficient (Wildman–Crippen LogP) is 6.68.